The van der Waals surface area contributed by atoms with Crippen molar-refractivity contribution in [3.05, 3.63) is 28.8 Å². The number of imide groups is 1. The number of anilines is 1. The molecule has 1 aliphatic rings. The molecule has 2 amide bonds. The minimum atomic E-state index is -0.380. The van der Waals surface area contributed by atoms with E-state index in [9.17, 15) is 9.59 Å². The number of rotatable bonds is 3. The summed E-state index contributed by atoms with van der Waals surface area (Å²) in [7, 11) is 1.84. The van der Waals surface area contributed by atoms with Crippen molar-refractivity contribution in [2.24, 2.45) is 0 Å². The van der Waals surface area contributed by atoms with Crippen LogP contribution in [-0.2, 0) is 16.1 Å². The molecule has 1 atom stereocenters. The molecular weight excluding hydrogens is 266 g/mol. The second kappa shape index (κ2) is 5.59. The molecule has 0 saturated carbocycles. The number of nitrogens with zero attached hydrogens (tertiary/aromatic N) is 1. The van der Waals surface area contributed by atoms with Crippen LogP contribution in [0.25, 0.3) is 0 Å². The highest BCUT2D eigenvalue weighted by Crippen LogP contribution is 2.27. The van der Waals surface area contributed by atoms with E-state index in [1.807, 2.05) is 19.2 Å². The second-order valence-corrected chi connectivity index (χ2v) is 4.96. The molecule has 1 aliphatic heterocycles. The highest BCUT2D eigenvalue weighted by molar-refractivity contribution is 6.30. The lowest BCUT2D eigenvalue weighted by Gasteiger charge is -2.35. The normalized spacial score (nSPS) is 19.5. The lowest BCUT2D eigenvalue weighted by molar-refractivity contribution is -0.132. The molecule has 0 spiro atoms. The molecule has 0 aromatic heterocycles. The van der Waals surface area contributed by atoms with Gasteiger partial charge in [0, 0.05) is 17.3 Å². The van der Waals surface area contributed by atoms with Crippen molar-refractivity contribution >= 4 is 29.1 Å². The molecule has 0 aliphatic carbocycles. The van der Waals surface area contributed by atoms with Gasteiger partial charge in [0.25, 0.3) is 0 Å². The zero-order chi connectivity index (χ0) is 14.0. The topological polar surface area (TPSA) is 61.4 Å². The van der Waals surface area contributed by atoms with Crippen molar-refractivity contribution in [2.45, 2.75) is 19.5 Å². The molecule has 1 unspecified atom stereocenters. The van der Waals surface area contributed by atoms with Gasteiger partial charge in [-0.05, 0) is 37.7 Å². The summed E-state index contributed by atoms with van der Waals surface area (Å²) in [5.74, 6) is -0.560. The average molecular weight is 282 g/mol. The van der Waals surface area contributed by atoms with Gasteiger partial charge in [0.15, 0.2) is 0 Å². The highest BCUT2D eigenvalue weighted by atomic mass is 35.5. The maximum atomic E-state index is 11.7. The lowest BCUT2D eigenvalue weighted by Crippen LogP contribution is -2.57. The zero-order valence-electron chi connectivity index (χ0n) is 10.9. The number of amides is 2. The standard InChI is InChI=1S/C13H16ClN3O2/c1-8-13(19)16-12(18)7-17(8)11-4-3-10(14)5-9(11)6-15-2/h3-5,8,15H,6-7H2,1-2H3,(H,16,18,19). The van der Waals surface area contributed by atoms with E-state index >= 15 is 0 Å². The Morgan fingerprint density at radius 3 is 2.89 bits per heavy atom. The zero-order valence-corrected chi connectivity index (χ0v) is 11.6. The van der Waals surface area contributed by atoms with Crippen LogP contribution in [0.2, 0.25) is 5.02 Å². The van der Waals surface area contributed by atoms with Gasteiger partial charge in [-0.15, -0.1) is 0 Å². The van der Waals surface area contributed by atoms with Crippen molar-refractivity contribution in [1.29, 1.82) is 0 Å². The highest BCUT2D eigenvalue weighted by Gasteiger charge is 2.31. The summed E-state index contributed by atoms with van der Waals surface area (Å²) in [5.41, 5.74) is 1.82. The molecule has 5 nitrogen and oxygen atoms in total. The van der Waals surface area contributed by atoms with E-state index in [4.69, 9.17) is 11.6 Å². The Bertz CT molecular complexity index is 519. The van der Waals surface area contributed by atoms with Crippen molar-refractivity contribution in [2.75, 3.05) is 18.5 Å². The first kappa shape index (κ1) is 13.8. The summed E-state index contributed by atoms with van der Waals surface area (Å²) >= 11 is 5.99. The molecule has 1 saturated heterocycles. The smallest absolute Gasteiger partial charge is 0.249 e. The van der Waals surface area contributed by atoms with E-state index in [1.54, 1.807) is 17.9 Å². The Labute approximate surface area is 116 Å². The lowest BCUT2D eigenvalue weighted by atomic mass is 10.1. The number of hydrogen-bond donors (Lipinski definition) is 2. The van der Waals surface area contributed by atoms with E-state index < -0.39 is 0 Å². The predicted molar refractivity (Wildman–Crippen MR) is 74.2 cm³/mol. The molecule has 2 N–H and O–H groups in total. The molecular formula is C13H16ClN3O2. The van der Waals surface area contributed by atoms with Crippen molar-refractivity contribution in [1.82, 2.24) is 10.6 Å². The maximum Gasteiger partial charge on any atom is 0.249 e. The summed E-state index contributed by atoms with van der Waals surface area (Å²) in [6.45, 7) is 2.57. The fourth-order valence-electron chi connectivity index (χ4n) is 2.17. The molecule has 1 aromatic rings. The number of nitrogens with one attached hydrogen (secondary N) is 2. The van der Waals surface area contributed by atoms with E-state index in [-0.39, 0.29) is 24.4 Å². The van der Waals surface area contributed by atoms with Crippen LogP contribution >= 0.6 is 11.6 Å². The Kier molecular flexibility index (Phi) is 4.07. The van der Waals surface area contributed by atoms with Gasteiger partial charge in [-0.2, -0.15) is 0 Å². The van der Waals surface area contributed by atoms with Gasteiger partial charge in [0.05, 0.1) is 6.54 Å². The van der Waals surface area contributed by atoms with Crippen molar-refractivity contribution < 1.29 is 9.59 Å². The first-order valence-electron chi connectivity index (χ1n) is 6.06. The van der Waals surface area contributed by atoms with E-state index in [1.165, 1.54) is 0 Å². The van der Waals surface area contributed by atoms with Crippen LogP contribution < -0.4 is 15.5 Å². The number of halogens is 1. The Hall–Kier alpha value is -1.59. The first-order chi connectivity index (χ1) is 9.02. The molecule has 0 radical (unpaired) electrons. The minimum absolute atomic E-state index is 0.172. The van der Waals surface area contributed by atoms with Gasteiger partial charge >= 0.3 is 0 Å². The van der Waals surface area contributed by atoms with Gasteiger partial charge in [0.1, 0.15) is 6.04 Å². The van der Waals surface area contributed by atoms with Crippen molar-refractivity contribution in [3.63, 3.8) is 0 Å². The minimum Gasteiger partial charge on any atom is -0.350 e. The molecule has 102 valence electrons. The molecule has 2 rings (SSSR count). The summed E-state index contributed by atoms with van der Waals surface area (Å²) in [6.07, 6.45) is 0. The van der Waals surface area contributed by atoms with Crippen LogP contribution in [0.15, 0.2) is 18.2 Å². The van der Waals surface area contributed by atoms with Gasteiger partial charge < -0.3 is 10.2 Å². The third kappa shape index (κ3) is 2.88. The molecule has 1 fully saturated rings. The Balaban J connectivity index is 2.39. The van der Waals surface area contributed by atoms with Gasteiger partial charge in [-0.1, -0.05) is 11.6 Å². The SMILES string of the molecule is CNCc1cc(Cl)ccc1N1CC(=O)NC(=O)C1C. The quantitative estimate of drug-likeness (QED) is 0.809. The molecule has 1 aromatic carbocycles. The van der Waals surface area contributed by atoms with Gasteiger partial charge in [-0.25, -0.2) is 0 Å². The monoisotopic (exact) mass is 281 g/mol. The van der Waals surface area contributed by atoms with Crippen LogP contribution in [-0.4, -0.2) is 31.4 Å². The number of carbonyl (C=O) groups excluding carboxylic acids is 2. The predicted octanol–water partition coefficient (Wildman–Crippen LogP) is 0.911. The molecule has 0 bridgehead atoms. The summed E-state index contributed by atoms with van der Waals surface area (Å²) < 4.78 is 0. The number of carbonyl (C=O) groups is 2. The van der Waals surface area contributed by atoms with Crippen LogP contribution in [0.1, 0.15) is 12.5 Å². The summed E-state index contributed by atoms with van der Waals surface area (Å²) in [5, 5.41) is 6.02. The molecule has 19 heavy (non-hydrogen) atoms. The van der Waals surface area contributed by atoms with E-state index in [0.717, 1.165) is 11.3 Å². The Morgan fingerprint density at radius 1 is 1.47 bits per heavy atom. The number of hydrogen-bond acceptors (Lipinski definition) is 4. The fraction of sp³-hybridized carbons (Fsp3) is 0.385. The van der Waals surface area contributed by atoms with Gasteiger partial charge in [0.2, 0.25) is 11.8 Å². The molecule has 1 heterocycles. The largest absolute Gasteiger partial charge is 0.350 e. The number of benzene rings is 1. The fourth-order valence-corrected chi connectivity index (χ4v) is 2.37. The van der Waals surface area contributed by atoms with Crippen molar-refractivity contribution in [3.8, 4) is 0 Å². The van der Waals surface area contributed by atoms with E-state index in [2.05, 4.69) is 10.6 Å². The molecule has 6 heteroatoms. The van der Waals surface area contributed by atoms with Crippen LogP contribution in [0, 0.1) is 0 Å². The Morgan fingerprint density at radius 2 is 2.21 bits per heavy atom. The number of piperazine rings is 1. The maximum absolute atomic E-state index is 11.7. The summed E-state index contributed by atoms with van der Waals surface area (Å²) in [6, 6.07) is 5.07. The third-order valence-electron chi connectivity index (χ3n) is 3.14. The third-order valence-corrected chi connectivity index (χ3v) is 3.38. The average Bonchev–Trinajstić information content (AvgIpc) is 2.35. The summed E-state index contributed by atoms with van der Waals surface area (Å²) in [4.78, 5) is 25.0. The van der Waals surface area contributed by atoms with Crippen LogP contribution in [0.4, 0.5) is 5.69 Å². The van der Waals surface area contributed by atoms with Crippen LogP contribution in [0.5, 0.6) is 0 Å². The second-order valence-electron chi connectivity index (χ2n) is 4.52. The first-order valence-corrected chi connectivity index (χ1v) is 6.44. The van der Waals surface area contributed by atoms with Crippen LogP contribution in [0.3, 0.4) is 0 Å². The van der Waals surface area contributed by atoms with Gasteiger partial charge in [-0.3, -0.25) is 14.9 Å². The van der Waals surface area contributed by atoms with E-state index in [0.29, 0.717) is 11.6 Å².